The second-order valence-electron chi connectivity index (χ2n) is 4.93. The number of hydrogen-bond donors (Lipinski definition) is 1. The number of aryl methyl sites for hydroxylation is 1. The molecule has 0 bridgehead atoms. The smallest absolute Gasteiger partial charge is 0.231 e. The van der Waals surface area contributed by atoms with Crippen LogP contribution in [-0.4, -0.2) is 5.91 Å². The first kappa shape index (κ1) is 13.5. The molecule has 102 valence electrons. The van der Waals surface area contributed by atoms with Gasteiger partial charge in [-0.3, -0.25) is 4.79 Å². The molecule has 1 heterocycles. The van der Waals surface area contributed by atoms with Crippen LogP contribution in [0.3, 0.4) is 0 Å². The fourth-order valence-corrected chi connectivity index (χ4v) is 2.85. The van der Waals surface area contributed by atoms with Crippen molar-refractivity contribution >= 4 is 34.8 Å². The maximum atomic E-state index is 12.4. The summed E-state index contributed by atoms with van der Waals surface area (Å²) in [6.07, 6.45) is 1.63. The molecule has 0 saturated heterocycles. The molecule has 2 aromatic rings. The van der Waals surface area contributed by atoms with Crippen molar-refractivity contribution in [1.82, 2.24) is 0 Å². The zero-order chi connectivity index (χ0) is 14.1. The number of rotatable bonds is 1. The van der Waals surface area contributed by atoms with E-state index in [-0.39, 0.29) is 11.8 Å². The minimum Gasteiger partial charge on any atom is -0.325 e. The van der Waals surface area contributed by atoms with E-state index in [2.05, 4.69) is 5.32 Å². The molecule has 1 atom stereocenters. The normalized spacial score (nSPS) is 18.1. The van der Waals surface area contributed by atoms with Crippen molar-refractivity contribution < 1.29 is 4.79 Å². The van der Waals surface area contributed by atoms with Gasteiger partial charge in [-0.05, 0) is 48.2 Å². The molecule has 0 spiro atoms. The molecule has 3 rings (SSSR count). The highest BCUT2D eigenvalue weighted by atomic mass is 35.5. The van der Waals surface area contributed by atoms with Gasteiger partial charge in [0, 0.05) is 15.7 Å². The van der Waals surface area contributed by atoms with Crippen molar-refractivity contribution in [3.05, 3.63) is 63.6 Å². The second kappa shape index (κ2) is 5.47. The summed E-state index contributed by atoms with van der Waals surface area (Å²) in [6, 6.07) is 13.1. The Labute approximate surface area is 127 Å². The van der Waals surface area contributed by atoms with Crippen LogP contribution in [0.2, 0.25) is 10.0 Å². The number of anilines is 1. The zero-order valence-corrected chi connectivity index (χ0v) is 12.2. The molecule has 0 radical (unpaired) electrons. The summed E-state index contributed by atoms with van der Waals surface area (Å²) in [6.45, 7) is 0. The Bertz CT molecular complexity index is 652. The van der Waals surface area contributed by atoms with Crippen LogP contribution in [0.1, 0.15) is 23.5 Å². The van der Waals surface area contributed by atoms with E-state index in [1.807, 2.05) is 36.4 Å². The van der Waals surface area contributed by atoms with Gasteiger partial charge in [0.25, 0.3) is 0 Å². The van der Waals surface area contributed by atoms with E-state index in [1.54, 1.807) is 6.07 Å². The van der Waals surface area contributed by atoms with E-state index >= 15 is 0 Å². The lowest BCUT2D eigenvalue weighted by Gasteiger charge is -2.13. The maximum absolute atomic E-state index is 12.4. The summed E-state index contributed by atoms with van der Waals surface area (Å²) in [5.41, 5.74) is 2.93. The summed E-state index contributed by atoms with van der Waals surface area (Å²) >= 11 is 11.9. The number of fused-ring (bicyclic) bond motifs is 1. The Kier molecular flexibility index (Phi) is 3.68. The topological polar surface area (TPSA) is 29.1 Å². The molecule has 1 aliphatic heterocycles. The van der Waals surface area contributed by atoms with E-state index in [9.17, 15) is 4.79 Å². The van der Waals surface area contributed by atoms with Crippen LogP contribution >= 0.6 is 23.2 Å². The Morgan fingerprint density at radius 3 is 2.45 bits per heavy atom. The molecule has 1 amide bonds. The number of halogens is 2. The third kappa shape index (κ3) is 2.67. The van der Waals surface area contributed by atoms with Crippen molar-refractivity contribution in [2.75, 3.05) is 5.32 Å². The Balaban J connectivity index is 1.91. The second-order valence-corrected chi connectivity index (χ2v) is 5.81. The predicted molar refractivity (Wildman–Crippen MR) is 82.6 cm³/mol. The minimum atomic E-state index is -0.154. The molecule has 0 unspecified atom stereocenters. The van der Waals surface area contributed by atoms with Gasteiger partial charge in [-0.1, -0.05) is 41.4 Å². The van der Waals surface area contributed by atoms with Crippen LogP contribution < -0.4 is 5.32 Å². The lowest BCUT2D eigenvalue weighted by Crippen LogP contribution is -2.19. The SMILES string of the molecule is O=C1Nc2cc(Cl)ccc2CC[C@@H]1c1ccc(Cl)cc1. The summed E-state index contributed by atoms with van der Waals surface area (Å²) < 4.78 is 0. The summed E-state index contributed by atoms with van der Waals surface area (Å²) in [5, 5.41) is 4.28. The summed E-state index contributed by atoms with van der Waals surface area (Å²) in [5.74, 6) is -0.146. The Morgan fingerprint density at radius 2 is 1.70 bits per heavy atom. The van der Waals surface area contributed by atoms with Gasteiger partial charge in [0.1, 0.15) is 0 Å². The first-order valence-electron chi connectivity index (χ1n) is 6.48. The highest BCUT2D eigenvalue weighted by Gasteiger charge is 2.25. The van der Waals surface area contributed by atoms with Crippen molar-refractivity contribution in [3.8, 4) is 0 Å². The van der Waals surface area contributed by atoms with Gasteiger partial charge < -0.3 is 5.32 Å². The molecule has 20 heavy (non-hydrogen) atoms. The Morgan fingerprint density at radius 1 is 1.00 bits per heavy atom. The summed E-state index contributed by atoms with van der Waals surface area (Å²) in [7, 11) is 0. The van der Waals surface area contributed by atoms with Gasteiger partial charge in [-0.15, -0.1) is 0 Å². The molecule has 2 nitrogen and oxygen atoms in total. The summed E-state index contributed by atoms with van der Waals surface area (Å²) in [4.78, 5) is 12.4. The van der Waals surface area contributed by atoms with Crippen LogP contribution in [-0.2, 0) is 11.2 Å². The van der Waals surface area contributed by atoms with E-state index in [1.165, 1.54) is 0 Å². The number of benzene rings is 2. The third-order valence-electron chi connectivity index (χ3n) is 3.62. The van der Waals surface area contributed by atoms with Crippen LogP contribution in [0, 0.1) is 0 Å². The first-order chi connectivity index (χ1) is 9.63. The number of amides is 1. The predicted octanol–water partition coefficient (Wildman–Crippen LogP) is 4.66. The van der Waals surface area contributed by atoms with E-state index < -0.39 is 0 Å². The standard InChI is InChI=1S/C16H13Cl2NO/c17-12-5-1-10(2-6-12)14-8-4-11-3-7-13(18)9-15(11)19-16(14)20/h1-3,5-7,9,14H,4,8H2,(H,19,20)/t14-/m1/s1. The van der Waals surface area contributed by atoms with Crippen LogP contribution in [0.15, 0.2) is 42.5 Å². The van der Waals surface area contributed by atoms with E-state index in [4.69, 9.17) is 23.2 Å². The molecule has 0 aromatic heterocycles. The lowest BCUT2D eigenvalue weighted by atomic mass is 9.93. The van der Waals surface area contributed by atoms with Gasteiger partial charge >= 0.3 is 0 Å². The lowest BCUT2D eigenvalue weighted by molar-refractivity contribution is -0.117. The average Bonchev–Trinajstić information content (AvgIpc) is 2.58. The van der Waals surface area contributed by atoms with Gasteiger partial charge in [-0.25, -0.2) is 0 Å². The van der Waals surface area contributed by atoms with Crippen LogP contribution in [0.4, 0.5) is 5.69 Å². The number of hydrogen-bond acceptors (Lipinski definition) is 1. The van der Waals surface area contributed by atoms with Crippen LogP contribution in [0.25, 0.3) is 0 Å². The average molecular weight is 306 g/mol. The largest absolute Gasteiger partial charge is 0.325 e. The zero-order valence-electron chi connectivity index (χ0n) is 10.7. The van der Waals surface area contributed by atoms with Gasteiger partial charge in [0.15, 0.2) is 0 Å². The van der Waals surface area contributed by atoms with Gasteiger partial charge in [-0.2, -0.15) is 0 Å². The van der Waals surface area contributed by atoms with Crippen LogP contribution in [0.5, 0.6) is 0 Å². The molecule has 4 heteroatoms. The molecular formula is C16H13Cl2NO. The van der Waals surface area contributed by atoms with Crippen molar-refractivity contribution in [2.45, 2.75) is 18.8 Å². The van der Waals surface area contributed by atoms with Crippen molar-refractivity contribution in [2.24, 2.45) is 0 Å². The molecule has 0 aliphatic carbocycles. The highest BCUT2D eigenvalue weighted by molar-refractivity contribution is 6.31. The molecule has 0 saturated carbocycles. The molecule has 1 N–H and O–H groups in total. The number of nitrogens with one attached hydrogen (secondary N) is 1. The fraction of sp³-hybridized carbons (Fsp3) is 0.188. The third-order valence-corrected chi connectivity index (χ3v) is 4.11. The van der Waals surface area contributed by atoms with Gasteiger partial charge in [0.2, 0.25) is 5.91 Å². The van der Waals surface area contributed by atoms with Gasteiger partial charge in [0.05, 0.1) is 5.92 Å². The first-order valence-corrected chi connectivity index (χ1v) is 7.24. The monoisotopic (exact) mass is 305 g/mol. The minimum absolute atomic E-state index is 0.00772. The number of carbonyl (C=O) groups is 1. The molecule has 0 fully saturated rings. The fourth-order valence-electron chi connectivity index (χ4n) is 2.55. The molecular weight excluding hydrogens is 293 g/mol. The highest BCUT2D eigenvalue weighted by Crippen LogP contribution is 2.32. The van der Waals surface area contributed by atoms with Crippen molar-refractivity contribution in [1.29, 1.82) is 0 Å². The maximum Gasteiger partial charge on any atom is 0.231 e. The molecule has 1 aliphatic rings. The molecule has 2 aromatic carbocycles. The number of carbonyl (C=O) groups excluding carboxylic acids is 1. The van der Waals surface area contributed by atoms with Crippen molar-refractivity contribution in [3.63, 3.8) is 0 Å². The Hall–Kier alpha value is -1.51. The quantitative estimate of drug-likeness (QED) is 0.815. The van der Waals surface area contributed by atoms with E-state index in [0.29, 0.717) is 10.0 Å². The van der Waals surface area contributed by atoms with E-state index in [0.717, 1.165) is 29.7 Å².